The van der Waals surface area contributed by atoms with E-state index in [1.165, 1.54) is 12.8 Å². The Morgan fingerprint density at radius 3 is 2.43 bits per heavy atom. The largest absolute Gasteiger partial charge is 0.353 e. The number of nitrogens with one attached hydrogen (secondary N) is 1. The standard InChI is InChI=1S/C17H26N2O.ClH/c1-17(2)10-8-14(9-11-17)19-16(20)12-15(18)13-6-4-3-5-7-13;/h3-7,14-15H,8-12,18H2,1-2H3,(H,19,20);1H. The Hall–Kier alpha value is -1.06. The van der Waals surface area contributed by atoms with Gasteiger partial charge in [-0.2, -0.15) is 0 Å². The quantitative estimate of drug-likeness (QED) is 0.893. The van der Waals surface area contributed by atoms with Crippen molar-refractivity contribution >= 4 is 18.3 Å². The fourth-order valence-electron chi connectivity index (χ4n) is 2.85. The van der Waals surface area contributed by atoms with Crippen molar-refractivity contribution in [2.24, 2.45) is 11.1 Å². The summed E-state index contributed by atoms with van der Waals surface area (Å²) >= 11 is 0. The molecule has 3 nitrogen and oxygen atoms in total. The van der Waals surface area contributed by atoms with Crippen LogP contribution in [0.3, 0.4) is 0 Å². The van der Waals surface area contributed by atoms with Crippen molar-refractivity contribution in [3.63, 3.8) is 0 Å². The molecule has 1 aliphatic rings. The Morgan fingerprint density at radius 1 is 1.29 bits per heavy atom. The zero-order valence-corrected chi connectivity index (χ0v) is 13.8. The fraction of sp³-hybridized carbons (Fsp3) is 0.588. The van der Waals surface area contributed by atoms with Crippen LogP contribution in [0, 0.1) is 5.41 Å². The Kier molecular flexibility index (Phi) is 6.69. The van der Waals surface area contributed by atoms with Crippen LogP contribution in [0.2, 0.25) is 0 Å². The third-order valence-corrected chi connectivity index (χ3v) is 4.34. The van der Waals surface area contributed by atoms with Crippen LogP contribution in [0.25, 0.3) is 0 Å². The zero-order valence-electron chi connectivity index (χ0n) is 13.0. The number of carbonyl (C=O) groups excluding carboxylic acids is 1. The van der Waals surface area contributed by atoms with Crippen molar-refractivity contribution in [2.45, 2.75) is 58.0 Å². The molecule has 1 aromatic rings. The molecular weight excluding hydrogens is 284 g/mol. The summed E-state index contributed by atoms with van der Waals surface area (Å²) in [5.41, 5.74) is 7.54. The average Bonchev–Trinajstić information content (AvgIpc) is 2.42. The molecule has 1 unspecified atom stereocenters. The highest BCUT2D eigenvalue weighted by atomic mass is 35.5. The third kappa shape index (κ3) is 5.68. The van der Waals surface area contributed by atoms with E-state index in [1.54, 1.807) is 0 Å². The SMILES string of the molecule is CC1(C)CCC(NC(=O)CC(N)c2ccccc2)CC1.Cl. The number of hydrogen-bond acceptors (Lipinski definition) is 2. The highest BCUT2D eigenvalue weighted by molar-refractivity contribution is 5.85. The molecule has 1 atom stereocenters. The van der Waals surface area contributed by atoms with Crippen molar-refractivity contribution < 1.29 is 4.79 Å². The molecule has 21 heavy (non-hydrogen) atoms. The first kappa shape index (κ1) is 18.0. The lowest BCUT2D eigenvalue weighted by Crippen LogP contribution is -2.40. The van der Waals surface area contributed by atoms with Gasteiger partial charge < -0.3 is 11.1 Å². The van der Waals surface area contributed by atoms with E-state index in [0.717, 1.165) is 18.4 Å². The first-order valence-corrected chi connectivity index (χ1v) is 7.56. The molecule has 0 spiro atoms. The Bertz CT molecular complexity index is 437. The van der Waals surface area contributed by atoms with E-state index >= 15 is 0 Å². The van der Waals surface area contributed by atoms with Crippen molar-refractivity contribution in [1.29, 1.82) is 0 Å². The summed E-state index contributed by atoms with van der Waals surface area (Å²) in [5, 5.41) is 3.14. The average molecular weight is 311 g/mol. The first-order chi connectivity index (χ1) is 9.46. The lowest BCUT2D eigenvalue weighted by molar-refractivity contribution is -0.122. The van der Waals surface area contributed by atoms with Crippen LogP contribution in [-0.4, -0.2) is 11.9 Å². The number of nitrogens with two attached hydrogens (primary N) is 1. The van der Waals surface area contributed by atoms with E-state index in [2.05, 4.69) is 19.2 Å². The molecule has 2 rings (SSSR count). The highest BCUT2D eigenvalue weighted by Crippen LogP contribution is 2.35. The van der Waals surface area contributed by atoms with Crippen LogP contribution in [0.15, 0.2) is 30.3 Å². The predicted octanol–water partition coefficient (Wildman–Crippen LogP) is 3.58. The van der Waals surface area contributed by atoms with Gasteiger partial charge in [0.2, 0.25) is 5.91 Å². The van der Waals surface area contributed by atoms with Gasteiger partial charge in [0.15, 0.2) is 0 Å². The number of carbonyl (C=O) groups is 1. The van der Waals surface area contributed by atoms with E-state index in [0.29, 0.717) is 17.9 Å². The van der Waals surface area contributed by atoms with Crippen molar-refractivity contribution in [1.82, 2.24) is 5.32 Å². The number of rotatable bonds is 4. The van der Waals surface area contributed by atoms with Crippen LogP contribution < -0.4 is 11.1 Å². The Balaban J connectivity index is 0.00000220. The molecule has 0 radical (unpaired) electrons. The van der Waals surface area contributed by atoms with E-state index < -0.39 is 0 Å². The minimum atomic E-state index is -0.212. The van der Waals surface area contributed by atoms with Crippen LogP contribution >= 0.6 is 12.4 Å². The molecule has 1 aromatic carbocycles. The number of halogens is 1. The molecule has 0 aliphatic heterocycles. The van der Waals surface area contributed by atoms with Gasteiger partial charge in [-0.05, 0) is 36.7 Å². The molecule has 0 heterocycles. The maximum Gasteiger partial charge on any atom is 0.222 e. The second kappa shape index (κ2) is 7.81. The summed E-state index contributed by atoms with van der Waals surface area (Å²) < 4.78 is 0. The summed E-state index contributed by atoms with van der Waals surface area (Å²) in [6.45, 7) is 4.60. The summed E-state index contributed by atoms with van der Waals surface area (Å²) in [6, 6.07) is 9.93. The molecular formula is C17H27ClN2O. The van der Waals surface area contributed by atoms with Crippen molar-refractivity contribution in [3.05, 3.63) is 35.9 Å². The molecule has 118 valence electrons. The summed E-state index contributed by atoms with van der Waals surface area (Å²) in [7, 11) is 0. The smallest absolute Gasteiger partial charge is 0.222 e. The molecule has 1 fully saturated rings. The highest BCUT2D eigenvalue weighted by Gasteiger charge is 2.27. The molecule has 4 heteroatoms. The molecule has 0 aromatic heterocycles. The van der Waals surface area contributed by atoms with Crippen LogP contribution in [-0.2, 0) is 4.79 Å². The summed E-state index contributed by atoms with van der Waals surface area (Å²) in [4.78, 5) is 12.1. The van der Waals surface area contributed by atoms with Crippen LogP contribution in [0.1, 0.15) is 57.6 Å². The van der Waals surface area contributed by atoms with E-state index in [-0.39, 0.29) is 24.4 Å². The zero-order chi connectivity index (χ0) is 14.6. The maximum absolute atomic E-state index is 12.1. The van der Waals surface area contributed by atoms with Gasteiger partial charge in [0.05, 0.1) is 0 Å². The molecule has 1 aliphatic carbocycles. The molecule has 1 saturated carbocycles. The topological polar surface area (TPSA) is 55.1 Å². The first-order valence-electron chi connectivity index (χ1n) is 7.56. The molecule has 0 saturated heterocycles. The predicted molar refractivity (Wildman–Crippen MR) is 89.4 cm³/mol. The lowest BCUT2D eigenvalue weighted by Gasteiger charge is -2.34. The second-order valence-corrected chi connectivity index (χ2v) is 6.73. The van der Waals surface area contributed by atoms with Crippen molar-refractivity contribution in [3.8, 4) is 0 Å². The van der Waals surface area contributed by atoms with E-state index in [9.17, 15) is 4.79 Å². The van der Waals surface area contributed by atoms with Gasteiger partial charge in [0, 0.05) is 18.5 Å². The molecule has 3 N–H and O–H groups in total. The summed E-state index contributed by atoms with van der Waals surface area (Å²) in [5.74, 6) is 0.0751. The lowest BCUT2D eigenvalue weighted by atomic mass is 9.75. The fourth-order valence-corrected chi connectivity index (χ4v) is 2.85. The van der Waals surface area contributed by atoms with E-state index in [1.807, 2.05) is 30.3 Å². The van der Waals surface area contributed by atoms with Crippen LogP contribution in [0.5, 0.6) is 0 Å². The third-order valence-electron chi connectivity index (χ3n) is 4.34. The molecule has 1 amide bonds. The van der Waals surface area contributed by atoms with Gasteiger partial charge in [0.25, 0.3) is 0 Å². The monoisotopic (exact) mass is 310 g/mol. The molecule has 0 bridgehead atoms. The number of amides is 1. The van der Waals surface area contributed by atoms with Gasteiger partial charge in [-0.25, -0.2) is 0 Å². The van der Waals surface area contributed by atoms with Gasteiger partial charge in [-0.1, -0.05) is 44.2 Å². The van der Waals surface area contributed by atoms with Gasteiger partial charge in [0.1, 0.15) is 0 Å². The van der Waals surface area contributed by atoms with Gasteiger partial charge in [-0.15, -0.1) is 12.4 Å². The maximum atomic E-state index is 12.1. The number of benzene rings is 1. The van der Waals surface area contributed by atoms with Crippen molar-refractivity contribution in [2.75, 3.05) is 0 Å². The van der Waals surface area contributed by atoms with Gasteiger partial charge >= 0.3 is 0 Å². The minimum Gasteiger partial charge on any atom is -0.353 e. The Morgan fingerprint density at radius 2 is 1.86 bits per heavy atom. The normalized spacial score (nSPS) is 19.4. The second-order valence-electron chi connectivity index (χ2n) is 6.73. The van der Waals surface area contributed by atoms with Crippen LogP contribution in [0.4, 0.5) is 0 Å². The van der Waals surface area contributed by atoms with Gasteiger partial charge in [-0.3, -0.25) is 4.79 Å². The Labute approximate surface area is 134 Å². The minimum absolute atomic E-state index is 0. The summed E-state index contributed by atoms with van der Waals surface area (Å²) in [6.07, 6.45) is 4.90. The van der Waals surface area contributed by atoms with E-state index in [4.69, 9.17) is 5.73 Å². The number of hydrogen-bond donors (Lipinski definition) is 2.